The first-order valence-corrected chi connectivity index (χ1v) is 7.93. The van der Waals surface area contributed by atoms with Crippen molar-refractivity contribution in [2.45, 2.75) is 6.42 Å². The van der Waals surface area contributed by atoms with Gasteiger partial charge in [0.1, 0.15) is 11.6 Å². The molecular weight excluding hydrogens is 321 g/mol. The number of carbonyl (C=O) groups is 1. The second-order valence-electron chi connectivity index (χ2n) is 5.45. The third kappa shape index (κ3) is 4.87. The zero-order chi connectivity index (χ0) is 17.5. The summed E-state index contributed by atoms with van der Waals surface area (Å²) in [6, 6.07) is 13.4. The van der Waals surface area contributed by atoms with Gasteiger partial charge in [0.15, 0.2) is 5.82 Å². The van der Waals surface area contributed by atoms with Crippen LogP contribution in [0.3, 0.4) is 0 Å². The first-order valence-electron chi connectivity index (χ1n) is 7.93. The van der Waals surface area contributed by atoms with Crippen molar-refractivity contribution in [3.63, 3.8) is 0 Å². The van der Waals surface area contributed by atoms with Crippen molar-refractivity contribution in [3.8, 4) is 5.82 Å². The Morgan fingerprint density at radius 1 is 1.00 bits per heavy atom. The molecule has 0 unspecified atom stereocenters. The number of nitrogens with zero attached hydrogens (tertiary/aromatic N) is 3. The summed E-state index contributed by atoms with van der Waals surface area (Å²) in [7, 11) is 0. The van der Waals surface area contributed by atoms with E-state index in [9.17, 15) is 9.18 Å². The summed E-state index contributed by atoms with van der Waals surface area (Å²) in [5.41, 5.74) is 0.776. The quantitative estimate of drug-likeness (QED) is 0.647. The zero-order valence-corrected chi connectivity index (χ0v) is 13.5. The lowest BCUT2D eigenvalue weighted by atomic mass is 10.1. The zero-order valence-electron chi connectivity index (χ0n) is 13.5. The molecule has 1 amide bonds. The topological polar surface area (TPSA) is 71.8 Å². The summed E-state index contributed by atoms with van der Waals surface area (Å²) in [4.78, 5) is 11.8. The van der Waals surface area contributed by atoms with Crippen LogP contribution in [0.4, 0.5) is 10.2 Å². The fourth-order valence-electron chi connectivity index (χ4n) is 2.29. The fourth-order valence-corrected chi connectivity index (χ4v) is 2.29. The van der Waals surface area contributed by atoms with Crippen molar-refractivity contribution in [1.82, 2.24) is 20.1 Å². The minimum atomic E-state index is -0.308. The van der Waals surface area contributed by atoms with Gasteiger partial charge in [-0.25, -0.2) is 4.39 Å². The predicted molar refractivity (Wildman–Crippen MR) is 93.0 cm³/mol. The van der Waals surface area contributed by atoms with E-state index in [1.54, 1.807) is 12.1 Å². The summed E-state index contributed by atoms with van der Waals surface area (Å²) >= 11 is 0. The van der Waals surface area contributed by atoms with Crippen LogP contribution >= 0.6 is 0 Å². The van der Waals surface area contributed by atoms with E-state index in [0.29, 0.717) is 18.9 Å². The summed E-state index contributed by atoms with van der Waals surface area (Å²) in [5, 5.41) is 14.1. The number of carbonyl (C=O) groups excluding carboxylic acids is 1. The second-order valence-corrected chi connectivity index (χ2v) is 5.45. The molecule has 0 saturated carbocycles. The molecule has 25 heavy (non-hydrogen) atoms. The van der Waals surface area contributed by atoms with E-state index in [1.165, 1.54) is 12.1 Å². The van der Waals surface area contributed by atoms with E-state index in [1.807, 2.05) is 41.2 Å². The molecule has 3 rings (SSSR count). The molecule has 7 heteroatoms. The Hall–Kier alpha value is -3.22. The third-order valence-electron chi connectivity index (χ3n) is 3.55. The molecule has 0 radical (unpaired) electrons. The molecule has 0 spiro atoms. The van der Waals surface area contributed by atoms with Gasteiger partial charge in [0.25, 0.3) is 0 Å². The predicted octanol–water partition coefficient (Wildman–Crippen LogP) is 2.18. The van der Waals surface area contributed by atoms with E-state index >= 15 is 0 Å². The Bertz CT molecular complexity index is 800. The van der Waals surface area contributed by atoms with Gasteiger partial charge < -0.3 is 15.2 Å². The smallest absolute Gasteiger partial charge is 0.224 e. The van der Waals surface area contributed by atoms with Gasteiger partial charge in [-0.15, -0.1) is 10.2 Å². The van der Waals surface area contributed by atoms with Gasteiger partial charge in [0.2, 0.25) is 5.91 Å². The number of benzene rings is 1. The maximum Gasteiger partial charge on any atom is 0.224 e. The lowest BCUT2D eigenvalue weighted by Crippen LogP contribution is -2.30. The SMILES string of the molecule is O=C(Cc1ccc(F)cc1)NCCNc1ccc(-n2cccc2)nn1. The van der Waals surface area contributed by atoms with Gasteiger partial charge in [-0.2, -0.15) is 0 Å². The van der Waals surface area contributed by atoms with Gasteiger partial charge in [-0.05, 0) is 42.0 Å². The lowest BCUT2D eigenvalue weighted by Gasteiger charge is -2.08. The Balaban J connectivity index is 1.39. The van der Waals surface area contributed by atoms with E-state index in [-0.39, 0.29) is 18.1 Å². The highest BCUT2D eigenvalue weighted by molar-refractivity contribution is 5.78. The van der Waals surface area contributed by atoms with Crippen molar-refractivity contribution in [2.75, 3.05) is 18.4 Å². The van der Waals surface area contributed by atoms with Crippen LogP contribution in [0.1, 0.15) is 5.56 Å². The van der Waals surface area contributed by atoms with Crippen molar-refractivity contribution >= 4 is 11.7 Å². The van der Waals surface area contributed by atoms with Gasteiger partial charge >= 0.3 is 0 Å². The molecule has 0 atom stereocenters. The highest BCUT2D eigenvalue weighted by Crippen LogP contribution is 2.06. The van der Waals surface area contributed by atoms with Crippen LogP contribution in [-0.4, -0.2) is 33.8 Å². The Labute approximate surface area is 144 Å². The number of hydrogen-bond donors (Lipinski definition) is 2. The number of aromatic nitrogens is 3. The summed E-state index contributed by atoms with van der Waals surface area (Å²) in [6.07, 6.45) is 4.02. The average molecular weight is 339 g/mol. The first kappa shape index (κ1) is 16.6. The van der Waals surface area contributed by atoms with Crippen LogP contribution in [0.2, 0.25) is 0 Å². The van der Waals surface area contributed by atoms with Crippen molar-refractivity contribution in [3.05, 3.63) is 72.3 Å². The standard InChI is InChI=1S/C18H18FN5O/c19-15-5-3-14(4-6-15)13-18(25)21-10-9-20-16-7-8-17(23-22-16)24-11-1-2-12-24/h1-8,11-12H,9-10,13H2,(H,20,22)(H,21,25). The van der Waals surface area contributed by atoms with Crippen LogP contribution in [0.5, 0.6) is 0 Å². The minimum Gasteiger partial charge on any atom is -0.367 e. The van der Waals surface area contributed by atoms with Crippen LogP contribution in [0.15, 0.2) is 60.9 Å². The molecule has 2 N–H and O–H groups in total. The first-order chi connectivity index (χ1) is 12.2. The van der Waals surface area contributed by atoms with E-state index in [2.05, 4.69) is 20.8 Å². The van der Waals surface area contributed by atoms with Gasteiger partial charge in [0.05, 0.1) is 6.42 Å². The van der Waals surface area contributed by atoms with Gasteiger partial charge in [-0.1, -0.05) is 12.1 Å². The van der Waals surface area contributed by atoms with Crippen molar-refractivity contribution < 1.29 is 9.18 Å². The van der Waals surface area contributed by atoms with Crippen LogP contribution in [0, 0.1) is 5.82 Å². The molecule has 0 bridgehead atoms. The summed E-state index contributed by atoms with van der Waals surface area (Å²) in [5.74, 6) is 0.964. The van der Waals surface area contributed by atoms with Crippen LogP contribution < -0.4 is 10.6 Å². The molecule has 6 nitrogen and oxygen atoms in total. The molecule has 2 heterocycles. The third-order valence-corrected chi connectivity index (χ3v) is 3.55. The molecule has 128 valence electrons. The highest BCUT2D eigenvalue weighted by Gasteiger charge is 2.03. The molecule has 0 aliphatic rings. The number of halogens is 1. The number of hydrogen-bond acceptors (Lipinski definition) is 4. The Kier molecular flexibility index (Phi) is 5.36. The van der Waals surface area contributed by atoms with E-state index < -0.39 is 0 Å². The van der Waals surface area contributed by atoms with Crippen LogP contribution in [-0.2, 0) is 11.2 Å². The lowest BCUT2D eigenvalue weighted by molar-refractivity contribution is -0.120. The molecule has 0 aliphatic heterocycles. The molecule has 0 saturated heterocycles. The largest absolute Gasteiger partial charge is 0.367 e. The molecule has 2 aromatic heterocycles. The van der Waals surface area contributed by atoms with Crippen LogP contribution in [0.25, 0.3) is 5.82 Å². The van der Waals surface area contributed by atoms with Crippen molar-refractivity contribution in [2.24, 2.45) is 0 Å². The Morgan fingerprint density at radius 2 is 1.76 bits per heavy atom. The second kappa shape index (κ2) is 8.05. The molecule has 3 aromatic rings. The number of amides is 1. The Morgan fingerprint density at radius 3 is 2.44 bits per heavy atom. The number of rotatable bonds is 7. The minimum absolute atomic E-state index is 0.109. The van der Waals surface area contributed by atoms with Gasteiger partial charge in [-0.3, -0.25) is 4.79 Å². The van der Waals surface area contributed by atoms with Crippen molar-refractivity contribution in [1.29, 1.82) is 0 Å². The maximum atomic E-state index is 12.8. The van der Waals surface area contributed by atoms with E-state index in [0.717, 1.165) is 11.4 Å². The highest BCUT2D eigenvalue weighted by atomic mass is 19.1. The summed E-state index contributed by atoms with van der Waals surface area (Å²) in [6.45, 7) is 0.994. The van der Waals surface area contributed by atoms with E-state index in [4.69, 9.17) is 0 Å². The monoisotopic (exact) mass is 339 g/mol. The molecule has 0 fully saturated rings. The van der Waals surface area contributed by atoms with Gasteiger partial charge in [0, 0.05) is 25.5 Å². The molecule has 1 aromatic carbocycles. The normalized spacial score (nSPS) is 10.4. The summed E-state index contributed by atoms with van der Waals surface area (Å²) < 4.78 is 14.7. The maximum absolute atomic E-state index is 12.8. The molecule has 0 aliphatic carbocycles. The number of anilines is 1. The average Bonchev–Trinajstić information content (AvgIpc) is 3.16. The fraction of sp³-hybridized carbons (Fsp3) is 0.167. The molecular formula is C18H18FN5O. The number of nitrogens with one attached hydrogen (secondary N) is 2.